The van der Waals surface area contributed by atoms with Gasteiger partial charge in [-0.1, -0.05) is 58.2 Å². The summed E-state index contributed by atoms with van der Waals surface area (Å²) in [4.78, 5) is 13.7. The zero-order valence-electron chi connectivity index (χ0n) is 11.0. The van der Waals surface area contributed by atoms with Crippen LogP contribution in [0.15, 0.2) is 28.0 Å². The van der Waals surface area contributed by atoms with Crippen LogP contribution in [0.5, 0.6) is 0 Å². The lowest BCUT2D eigenvalue weighted by Crippen LogP contribution is -2.05. The Morgan fingerprint density at radius 3 is 2.08 bits per heavy atom. The average Bonchev–Trinajstić information content (AvgIpc) is 2.48. The molecule has 4 nitrogen and oxygen atoms in total. The topological polar surface area (TPSA) is 56.0 Å². The quantitative estimate of drug-likeness (QED) is 0.302. The summed E-state index contributed by atoms with van der Waals surface area (Å²) in [5.74, 6) is 0. The molecule has 0 atom stereocenters. The van der Waals surface area contributed by atoms with Crippen LogP contribution >= 0.6 is 58.2 Å². The van der Waals surface area contributed by atoms with Crippen LogP contribution in [0, 0.1) is 10.1 Å². The van der Waals surface area contributed by atoms with Crippen LogP contribution in [-0.4, -0.2) is 9.91 Å². The van der Waals surface area contributed by atoms with Crippen LogP contribution in [0.4, 0.5) is 18.9 Å². The van der Waals surface area contributed by atoms with E-state index in [4.69, 9.17) is 46.4 Å². The Balaban J connectivity index is 2.57. The second-order valence-electron chi connectivity index (χ2n) is 4.19. The summed E-state index contributed by atoms with van der Waals surface area (Å²) in [5, 5.41) is 10.5. The van der Waals surface area contributed by atoms with Crippen molar-refractivity contribution in [3.63, 3.8) is 0 Å². The summed E-state index contributed by atoms with van der Waals surface area (Å²) >= 11 is 24.1. The molecule has 2 aromatic rings. The molecule has 0 spiro atoms. The predicted molar refractivity (Wildman–Crippen MR) is 86.5 cm³/mol. The molecule has 0 aliphatic carbocycles. The number of nitro groups is 1. The molecule has 12 heteroatoms. The van der Waals surface area contributed by atoms with E-state index in [0.29, 0.717) is 23.9 Å². The Hall–Kier alpha value is -0.930. The van der Waals surface area contributed by atoms with Gasteiger partial charge in [-0.2, -0.15) is 13.2 Å². The SMILES string of the molecule is O=[N+]([O-])c1cc(C(F)(F)F)ccc1Sc1c(Cl)c(Cl)nc(Cl)c1Cl. The Labute approximate surface area is 157 Å². The molecule has 128 valence electrons. The molecule has 2 rings (SSSR count). The highest BCUT2D eigenvalue weighted by Gasteiger charge is 2.33. The maximum Gasteiger partial charge on any atom is 0.416 e. The molecular weight excluding hydrogens is 435 g/mol. The van der Waals surface area contributed by atoms with Gasteiger partial charge in [0.2, 0.25) is 0 Å². The van der Waals surface area contributed by atoms with Gasteiger partial charge in [-0.3, -0.25) is 10.1 Å². The third-order valence-corrected chi connectivity index (χ3v) is 5.53. The third kappa shape index (κ3) is 4.00. The number of pyridine rings is 1. The molecule has 0 aliphatic rings. The van der Waals surface area contributed by atoms with Gasteiger partial charge in [-0.15, -0.1) is 0 Å². The van der Waals surface area contributed by atoms with Crippen LogP contribution in [0.2, 0.25) is 20.4 Å². The van der Waals surface area contributed by atoms with Gasteiger partial charge < -0.3 is 0 Å². The van der Waals surface area contributed by atoms with E-state index in [2.05, 4.69) is 4.98 Å². The summed E-state index contributed by atoms with van der Waals surface area (Å²) in [6, 6.07) is 2.08. The maximum absolute atomic E-state index is 12.7. The minimum atomic E-state index is -4.72. The fourth-order valence-electron chi connectivity index (χ4n) is 1.59. The zero-order valence-corrected chi connectivity index (χ0v) is 14.8. The molecular formula is C12H3Cl4F3N2O2S. The van der Waals surface area contributed by atoms with Crippen molar-refractivity contribution >= 4 is 63.9 Å². The van der Waals surface area contributed by atoms with E-state index in [1.165, 1.54) is 0 Å². The van der Waals surface area contributed by atoms with Gasteiger partial charge in [0.15, 0.2) is 10.3 Å². The molecule has 1 aromatic carbocycles. The van der Waals surface area contributed by atoms with Crippen LogP contribution < -0.4 is 0 Å². The summed E-state index contributed by atoms with van der Waals surface area (Å²) in [5.41, 5.74) is -1.91. The molecule has 0 aliphatic heterocycles. The monoisotopic (exact) mass is 436 g/mol. The molecule has 1 heterocycles. The van der Waals surface area contributed by atoms with Gasteiger partial charge in [0.25, 0.3) is 5.69 Å². The van der Waals surface area contributed by atoms with Crippen LogP contribution in [0.3, 0.4) is 0 Å². The van der Waals surface area contributed by atoms with Crippen molar-refractivity contribution in [1.29, 1.82) is 0 Å². The highest BCUT2D eigenvalue weighted by molar-refractivity contribution is 7.99. The third-order valence-electron chi connectivity index (χ3n) is 2.65. The van der Waals surface area contributed by atoms with Gasteiger partial charge in [0.05, 0.1) is 30.3 Å². The van der Waals surface area contributed by atoms with Gasteiger partial charge in [-0.05, 0) is 12.1 Å². The molecule has 0 saturated heterocycles. The highest BCUT2D eigenvalue weighted by atomic mass is 35.5. The zero-order chi connectivity index (χ0) is 18.2. The largest absolute Gasteiger partial charge is 0.416 e. The minimum absolute atomic E-state index is 0.0474. The van der Waals surface area contributed by atoms with Crippen molar-refractivity contribution in [3.8, 4) is 0 Å². The van der Waals surface area contributed by atoms with Gasteiger partial charge in [0.1, 0.15) is 0 Å². The van der Waals surface area contributed by atoms with Gasteiger partial charge in [0, 0.05) is 6.07 Å². The molecule has 1 aromatic heterocycles. The van der Waals surface area contributed by atoms with E-state index in [9.17, 15) is 23.3 Å². The number of hydrogen-bond acceptors (Lipinski definition) is 4. The standard InChI is InChI=1S/C12H3Cl4F3N2O2S/c13-7-9(8(14)11(16)20-10(7)15)24-6-2-1-4(12(17,18)19)3-5(6)21(22)23/h1-3H. The van der Waals surface area contributed by atoms with Gasteiger partial charge in [-0.25, -0.2) is 4.98 Å². The van der Waals surface area contributed by atoms with Crippen LogP contribution in [-0.2, 0) is 6.18 Å². The fourth-order valence-corrected chi connectivity index (χ4v) is 3.62. The van der Waals surface area contributed by atoms with E-state index in [1.807, 2.05) is 0 Å². The average molecular weight is 438 g/mol. The first-order valence-corrected chi connectivity index (χ1v) is 8.08. The number of hydrogen-bond donors (Lipinski definition) is 0. The summed E-state index contributed by atoms with van der Waals surface area (Å²) < 4.78 is 38.1. The van der Waals surface area contributed by atoms with Crippen molar-refractivity contribution in [1.82, 2.24) is 4.98 Å². The predicted octanol–water partition coefficient (Wildman–Crippen LogP) is 6.77. The van der Waals surface area contributed by atoms with Crippen molar-refractivity contribution in [2.24, 2.45) is 0 Å². The van der Waals surface area contributed by atoms with Crippen molar-refractivity contribution < 1.29 is 18.1 Å². The Kier molecular flexibility index (Phi) is 5.76. The maximum atomic E-state index is 12.7. The van der Waals surface area contributed by atoms with Crippen molar-refractivity contribution in [3.05, 3.63) is 54.2 Å². The molecule has 0 bridgehead atoms. The van der Waals surface area contributed by atoms with E-state index >= 15 is 0 Å². The number of alkyl halides is 3. The fraction of sp³-hybridized carbons (Fsp3) is 0.0833. The van der Waals surface area contributed by atoms with E-state index in [-0.39, 0.29) is 30.1 Å². The summed E-state index contributed by atoms with van der Waals surface area (Å²) in [6.07, 6.45) is -4.72. The number of rotatable bonds is 3. The minimum Gasteiger partial charge on any atom is -0.258 e. The first-order valence-electron chi connectivity index (χ1n) is 5.76. The molecule has 0 saturated carbocycles. The molecule has 0 fully saturated rings. The van der Waals surface area contributed by atoms with E-state index < -0.39 is 22.4 Å². The summed E-state index contributed by atoms with van der Waals surface area (Å²) in [7, 11) is 0. The molecule has 24 heavy (non-hydrogen) atoms. The molecule has 0 radical (unpaired) electrons. The lowest BCUT2D eigenvalue weighted by Gasteiger charge is -2.11. The molecule has 0 unspecified atom stereocenters. The number of nitrogens with zero attached hydrogens (tertiary/aromatic N) is 2. The van der Waals surface area contributed by atoms with Crippen LogP contribution in [0.25, 0.3) is 0 Å². The van der Waals surface area contributed by atoms with E-state index in [0.717, 1.165) is 6.07 Å². The summed E-state index contributed by atoms with van der Waals surface area (Å²) in [6.45, 7) is 0. The number of aromatic nitrogens is 1. The van der Waals surface area contributed by atoms with Crippen molar-refractivity contribution in [2.45, 2.75) is 16.0 Å². The molecule has 0 N–H and O–H groups in total. The second kappa shape index (κ2) is 7.13. The highest BCUT2D eigenvalue weighted by Crippen LogP contribution is 2.46. The number of benzene rings is 1. The lowest BCUT2D eigenvalue weighted by atomic mass is 10.2. The Bertz CT molecular complexity index is 807. The van der Waals surface area contributed by atoms with Crippen molar-refractivity contribution in [2.75, 3.05) is 0 Å². The van der Waals surface area contributed by atoms with E-state index in [1.54, 1.807) is 0 Å². The van der Waals surface area contributed by atoms with Gasteiger partial charge >= 0.3 is 6.18 Å². The smallest absolute Gasteiger partial charge is 0.258 e. The Morgan fingerprint density at radius 2 is 1.62 bits per heavy atom. The second-order valence-corrected chi connectivity index (χ2v) is 6.71. The Morgan fingerprint density at radius 1 is 1.08 bits per heavy atom. The number of nitro benzene ring substituents is 1. The molecule has 0 amide bonds. The normalized spacial score (nSPS) is 11.6. The first kappa shape index (κ1) is 19.4. The number of halogens is 7. The van der Waals surface area contributed by atoms with Crippen LogP contribution in [0.1, 0.15) is 5.56 Å². The first-order chi connectivity index (χ1) is 11.0. The lowest BCUT2D eigenvalue weighted by molar-refractivity contribution is -0.388.